The summed E-state index contributed by atoms with van der Waals surface area (Å²) in [5, 5.41) is 0. The van der Waals surface area contributed by atoms with Gasteiger partial charge in [-0.1, -0.05) is 24.3 Å². The first-order valence-corrected chi connectivity index (χ1v) is 6.03. The van der Waals surface area contributed by atoms with E-state index in [0.717, 1.165) is 18.4 Å². The molecule has 0 saturated carbocycles. The van der Waals surface area contributed by atoms with E-state index in [9.17, 15) is 4.79 Å². The summed E-state index contributed by atoms with van der Waals surface area (Å²) in [6, 6.07) is 11.5. The van der Waals surface area contributed by atoms with Crippen LogP contribution in [0.1, 0.15) is 34.0 Å². The number of aryl methyl sites for hydroxylation is 1. The molecule has 0 radical (unpaired) electrons. The maximum atomic E-state index is 12.0. The Kier molecular flexibility index (Phi) is 2.81. The summed E-state index contributed by atoms with van der Waals surface area (Å²) in [7, 11) is 0. The van der Waals surface area contributed by atoms with E-state index in [1.165, 1.54) is 5.56 Å². The van der Waals surface area contributed by atoms with Crippen LogP contribution in [0, 0.1) is 0 Å². The van der Waals surface area contributed by atoms with Crippen LogP contribution in [0.15, 0.2) is 48.8 Å². The third kappa shape index (κ3) is 1.99. The molecule has 0 amide bonds. The van der Waals surface area contributed by atoms with Gasteiger partial charge in [0.2, 0.25) is 0 Å². The van der Waals surface area contributed by atoms with Crippen LogP contribution in [0.2, 0.25) is 0 Å². The number of esters is 1. The lowest BCUT2D eigenvalue weighted by Gasteiger charge is -2.13. The van der Waals surface area contributed by atoms with Crippen LogP contribution in [0.25, 0.3) is 0 Å². The highest BCUT2D eigenvalue weighted by Gasteiger charge is 2.25. The molecule has 1 aliphatic carbocycles. The van der Waals surface area contributed by atoms with Crippen LogP contribution in [0.3, 0.4) is 0 Å². The van der Waals surface area contributed by atoms with Crippen molar-refractivity contribution < 1.29 is 9.53 Å². The second kappa shape index (κ2) is 4.61. The van der Waals surface area contributed by atoms with Crippen molar-refractivity contribution in [3.63, 3.8) is 0 Å². The Balaban J connectivity index is 1.77. The van der Waals surface area contributed by atoms with Gasteiger partial charge in [0, 0.05) is 12.4 Å². The first kappa shape index (κ1) is 11.0. The van der Waals surface area contributed by atoms with Crippen molar-refractivity contribution in [2.45, 2.75) is 18.9 Å². The lowest BCUT2D eigenvalue weighted by atomic mass is 10.1. The predicted molar refractivity (Wildman–Crippen MR) is 67.2 cm³/mol. The van der Waals surface area contributed by atoms with Gasteiger partial charge in [-0.3, -0.25) is 4.98 Å². The summed E-state index contributed by atoms with van der Waals surface area (Å²) in [5.74, 6) is -0.279. The molecule has 1 unspecified atom stereocenters. The first-order chi connectivity index (χ1) is 8.84. The second-order valence-corrected chi connectivity index (χ2v) is 4.37. The minimum atomic E-state index is -0.279. The van der Waals surface area contributed by atoms with Crippen LogP contribution < -0.4 is 0 Å². The molecule has 1 aliphatic rings. The van der Waals surface area contributed by atoms with Crippen LogP contribution in [-0.2, 0) is 11.2 Å². The monoisotopic (exact) mass is 239 g/mol. The summed E-state index contributed by atoms with van der Waals surface area (Å²) in [6.45, 7) is 0. The van der Waals surface area contributed by atoms with E-state index >= 15 is 0 Å². The molecular formula is C15H13NO2. The molecule has 1 heterocycles. The molecule has 3 nitrogen and oxygen atoms in total. The fourth-order valence-electron chi connectivity index (χ4n) is 2.33. The molecule has 3 rings (SSSR count). The molecule has 0 aliphatic heterocycles. The Bertz CT molecular complexity index is 566. The molecule has 1 aromatic carbocycles. The topological polar surface area (TPSA) is 39.2 Å². The largest absolute Gasteiger partial charge is 0.454 e. The van der Waals surface area contributed by atoms with Gasteiger partial charge in [-0.2, -0.15) is 0 Å². The van der Waals surface area contributed by atoms with Gasteiger partial charge in [0.1, 0.15) is 6.10 Å². The quantitative estimate of drug-likeness (QED) is 0.756. The zero-order valence-corrected chi connectivity index (χ0v) is 9.87. The van der Waals surface area contributed by atoms with E-state index in [1.807, 2.05) is 18.2 Å². The van der Waals surface area contributed by atoms with Gasteiger partial charge in [-0.05, 0) is 36.1 Å². The molecule has 18 heavy (non-hydrogen) atoms. The van der Waals surface area contributed by atoms with Gasteiger partial charge < -0.3 is 4.74 Å². The average molecular weight is 239 g/mol. The van der Waals surface area contributed by atoms with E-state index < -0.39 is 0 Å². The Morgan fingerprint density at radius 3 is 2.78 bits per heavy atom. The minimum absolute atomic E-state index is 0.109. The highest BCUT2D eigenvalue weighted by atomic mass is 16.5. The Morgan fingerprint density at radius 1 is 1.17 bits per heavy atom. The van der Waals surface area contributed by atoms with Crippen molar-refractivity contribution in [2.75, 3.05) is 0 Å². The maximum Gasteiger partial charge on any atom is 0.338 e. The van der Waals surface area contributed by atoms with Crippen LogP contribution in [0.4, 0.5) is 0 Å². The van der Waals surface area contributed by atoms with Crippen LogP contribution in [0.5, 0.6) is 0 Å². The van der Waals surface area contributed by atoms with E-state index in [4.69, 9.17) is 4.74 Å². The van der Waals surface area contributed by atoms with Crippen molar-refractivity contribution in [1.29, 1.82) is 0 Å². The third-order valence-electron chi connectivity index (χ3n) is 3.24. The molecule has 2 aromatic rings. The van der Waals surface area contributed by atoms with E-state index in [0.29, 0.717) is 5.56 Å². The smallest absolute Gasteiger partial charge is 0.338 e. The van der Waals surface area contributed by atoms with Crippen LogP contribution in [-0.4, -0.2) is 11.0 Å². The molecule has 0 fully saturated rings. The number of carbonyl (C=O) groups is 1. The van der Waals surface area contributed by atoms with Crippen molar-refractivity contribution >= 4 is 5.97 Å². The Labute approximate surface area is 105 Å². The molecule has 3 heteroatoms. The molecule has 0 saturated heterocycles. The zero-order valence-electron chi connectivity index (χ0n) is 9.87. The SMILES string of the molecule is O=C(OC1CCc2ccccc21)c1ccncc1. The van der Waals surface area contributed by atoms with Crippen molar-refractivity contribution in [3.05, 3.63) is 65.5 Å². The number of aromatic nitrogens is 1. The zero-order chi connectivity index (χ0) is 12.4. The number of carbonyl (C=O) groups excluding carboxylic acids is 1. The van der Waals surface area contributed by atoms with Gasteiger partial charge in [0.15, 0.2) is 0 Å². The normalized spacial score (nSPS) is 17.2. The summed E-state index contributed by atoms with van der Waals surface area (Å²) in [5.41, 5.74) is 2.97. The summed E-state index contributed by atoms with van der Waals surface area (Å²) >= 11 is 0. The predicted octanol–water partition coefficient (Wildman–Crippen LogP) is 2.93. The molecule has 1 aromatic heterocycles. The minimum Gasteiger partial charge on any atom is -0.454 e. The molecule has 90 valence electrons. The summed E-state index contributed by atoms with van der Waals surface area (Å²) < 4.78 is 5.56. The fourth-order valence-corrected chi connectivity index (χ4v) is 2.33. The number of fused-ring (bicyclic) bond motifs is 1. The molecule has 1 atom stereocenters. The number of nitrogens with zero attached hydrogens (tertiary/aromatic N) is 1. The second-order valence-electron chi connectivity index (χ2n) is 4.37. The van der Waals surface area contributed by atoms with Gasteiger partial charge in [-0.15, -0.1) is 0 Å². The number of benzene rings is 1. The summed E-state index contributed by atoms with van der Waals surface area (Å²) in [6.07, 6.45) is 4.93. The van der Waals surface area contributed by atoms with Gasteiger partial charge in [-0.25, -0.2) is 4.79 Å². The lowest BCUT2D eigenvalue weighted by Crippen LogP contribution is -2.09. The Morgan fingerprint density at radius 2 is 1.94 bits per heavy atom. The lowest BCUT2D eigenvalue weighted by molar-refractivity contribution is 0.0301. The van der Waals surface area contributed by atoms with Gasteiger partial charge in [0.05, 0.1) is 5.56 Å². The van der Waals surface area contributed by atoms with Gasteiger partial charge >= 0.3 is 5.97 Å². The summed E-state index contributed by atoms with van der Waals surface area (Å²) in [4.78, 5) is 15.8. The number of hydrogen-bond donors (Lipinski definition) is 0. The first-order valence-electron chi connectivity index (χ1n) is 6.03. The number of rotatable bonds is 2. The van der Waals surface area contributed by atoms with Crippen molar-refractivity contribution in [2.24, 2.45) is 0 Å². The average Bonchev–Trinajstić information content (AvgIpc) is 2.83. The van der Waals surface area contributed by atoms with Crippen molar-refractivity contribution in [1.82, 2.24) is 4.98 Å². The van der Waals surface area contributed by atoms with Crippen LogP contribution >= 0.6 is 0 Å². The number of pyridine rings is 1. The molecular weight excluding hydrogens is 226 g/mol. The van der Waals surface area contributed by atoms with Crippen molar-refractivity contribution in [3.8, 4) is 0 Å². The molecule has 0 spiro atoms. The van der Waals surface area contributed by atoms with E-state index in [1.54, 1.807) is 24.5 Å². The fraction of sp³-hybridized carbons (Fsp3) is 0.200. The van der Waals surface area contributed by atoms with E-state index in [2.05, 4.69) is 11.1 Å². The number of ether oxygens (including phenoxy) is 1. The third-order valence-corrected chi connectivity index (χ3v) is 3.24. The number of hydrogen-bond acceptors (Lipinski definition) is 3. The molecule has 0 bridgehead atoms. The molecule has 0 N–H and O–H groups in total. The highest BCUT2D eigenvalue weighted by Crippen LogP contribution is 2.34. The van der Waals surface area contributed by atoms with E-state index in [-0.39, 0.29) is 12.1 Å². The maximum absolute atomic E-state index is 12.0. The highest BCUT2D eigenvalue weighted by molar-refractivity contribution is 5.89. The Hall–Kier alpha value is -2.16. The van der Waals surface area contributed by atoms with Gasteiger partial charge in [0.25, 0.3) is 0 Å². The standard InChI is InChI=1S/C15H13NO2/c17-15(12-7-9-16-10-8-12)18-14-6-5-11-3-1-2-4-13(11)14/h1-4,7-10,14H,5-6H2.